The molecule has 0 atom stereocenters. The fourth-order valence-corrected chi connectivity index (χ4v) is 0.869. The summed E-state index contributed by atoms with van der Waals surface area (Å²) in [6.45, 7) is 2.11. The van der Waals surface area contributed by atoms with Gasteiger partial charge in [0.25, 0.3) is 0 Å². The first kappa shape index (κ1) is 11.5. The van der Waals surface area contributed by atoms with Crippen molar-refractivity contribution in [2.45, 2.75) is 19.5 Å². The number of alkyl halides is 3. The molecule has 0 aliphatic heterocycles. The molecule has 1 aromatic rings. The SMILES string of the molecule is CCCOc1cc(C(F)(F)F)nc(N)n1. The van der Waals surface area contributed by atoms with E-state index >= 15 is 0 Å². The lowest BCUT2D eigenvalue weighted by molar-refractivity contribution is -0.141. The molecule has 1 heterocycles. The molecule has 84 valence electrons. The number of hydrogen-bond acceptors (Lipinski definition) is 4. The van der Waals surface area contributed by atoms with Gasteiger partial charge in [-0.15, -0.1) is 0 Å². The predicted octanol–water partition coefficient (Wildman–Crippen LogP) is 1.87. The number of aromatic nitrogens is 2. The Balaban J connectivity index is 2.95. The summed E-state index contributed by atoms with van der Waals surface area (Å²) in [6, 6.07) is 0.728. The minimum atomic E-state index is -4.54. The molecule has 0 radical (unpaired) electrons. The predicted molar refractivity (Wildman–Crippen MR) is 47.2 cm³/mol. The average molecular weight is 221 g/mol. The van der Waals surface area contributed by atoms with Crippen LogP contribution in [0.3, 0.4) is 0 Å². The van der Waals surface area contributed by atoms with Gasteiger partial charge in [-0.2, -0.15) is 18.2 Å². The van der Waals surface area contributed by atoms with Crippen LogP contribution in [0.25, 0.3) is 0 Å². The molecule has 15 heavy (non-hydrogen) atoms. The first-order valence-corrected chi connectivity index (χ1v) is 4.28. The molecule has 0 aliphatic rings. The van der Waals surface area contributed by atoms with Crippen molar-refractivity contribution in [3.05, 3.63) is 11.8 Å². The number of anilines is 1. The van der Waals surface area contributed by atoms with Crippen molar-refractivity contribution >= 4 is 5.95 Å². The fourth-order valence-electron chi connectivity index (χ4n) is 0.869. The number of hydrogen-bond donors (Lipinski definition) is 1. The second-order valence-electron chi connectivity index (χ2n) is 2.80. The highest BCUT2D eigenvalue weighted by molar-refractivity contribution is 5.27. The van der Waals surface area contributed by atoms with Gasteiger partial charge in [-0.05, 0) is 6.42 Å². The van der Waals surface area contributed by atoms with E-state index < -0.39 is 17.8 Å². The van der Waals surface area contributed by atoms with Gasteiger partial charge in [0.15, 0.2) is 5.69 Å². The molecule has 0 fully saturated rings. The number of nitrogens with two attached hydrogens (primary N) is 1. The molecule has 0 amide bonds. The van der Waals surface area contributed by atoms with Crippen LogP contribution < -0.4 is 10.5 Å². The van der Waals surface area contributed by atoms with Crippen molar-refractivity contribution in [3.63, 3.8) is 0 Å². The van der Waals surface area contributed by atoms with Gasteiger partial charge in [0, 0.05) is 6.07 Å². The number of halogens is 3. The van der Waals surface area contributed by atoms with Gasteiger partial charge in [-0.1, -0.05) is 6.92 Å². The van der Waals surface area contributed by atoms with Gasteiger partial charge in [0.2, 0.25) is 11.8 Å². The monoisotopic (exact) mass is 221 g/mol. The molecular formula is C8H10F3N3O. The van der Waals surface area contributed by atoms with E-state index in [9.17, 15) is 13.2 Å². The maximum Gasteiger partial charge on any atom is 0.433 e. The Morgan fingerprint density at radius 2 is 2.07 bits per heavy atom. The summed E-state index contributed by atoms with van der Waals surface area (Å²) in [6.07, 6.45) is -3.87. The molecule has 0 aromatic carbocycles. The summed E-state index contributed by atoms with van der Waals surface area (Å²) >= 11 is 0. The molecule has 1 aromatic heterocycles. The van der Waals surface area contributed by atoms with Crippen molar-refractivity contribution in [2.24, 2.45) is 0 Å². The second kappa shape index (κ2) is 4.33. The zero-order valence-electron chi connectivity index (χ0n) is 8.01. The lowest BCUT2D eigenvalue weighted by atomic mass is 10.4. The van der Waals surface area contributed by atoms with E-state index in [1.165, 1.54) is 0 Å². The molecule has 0 saturated heterocycles. The standard InChI is InChI=1S/C8H10F3N3O/c1-2-3-15-6-4-5(8(9,10)11)13-7(12)14-6/h4H,2-3H2,1H3,(H2,12,13,14). The smallest absolute Gasteiger partial charge is 0.433 e. The normalized spacial score (nSPS) is 11.5. The highest BCUT2D eigenvalue weighted by Gasteiger charge is 2.33. The third-order valence-corrected chi connectivity index (χ3v) is 1.46. The molecule has 2 N–H and O–H groups in total. The van der Waals surface area contributed by atoms with Crippen LogP contribution in [0.5, 0.6) is 5.88 Å². The van der Waals surface area contributed by atoms with Crippen LogP contribution in [0, 0.1) is 0 Å². The largest absolute Gasteiger partial charge is 0.478 e. The first-order chi connectivity index (χ1) is 6.93. The topological polar surface area (TPSA) is 61.0 Å². The van der Waals surface area contributed by atoms with Crippen molar-refractivity contribution in [2.75, 3.05) is 12.3 Å². The third kappa shape index (κ3) is 3.26. The molecular weight excluding hydrogens is 211 g/mol. The average Bonchev–Trinajstić information content (AvgIpc) is 2.12. The third-order valence-electron chi connectivity index (χ3n) is 1.46. The summed E-state index contributed by atoms with van der Waals surface area (Å²) in [5.41, 5.74) is 4.03. The van der Waals surface area contributed by atoms with Crippen LogP contribution in [-0.2, 0) is 6.18 Å². The maximum atomic E-state index is 12.3. The van der Waals surface area contributed by atoms with E-state index in [-0.39, 0.29) is 12.5 Å². The van der Waals surface area contributed by atoms with Crippen LogP contribution in [0.15, 0.2) is 6.07 Å². The molecule has 7 heteroatoms. The van der Waals surface area contributed by atoms with E-state index in [1.807, 2.05) is 6.92 Å². The summed E-state index contributed by atoms with van der Waals surface area (Å²) in [7, 11) is 0. The van der Waals surface area contributed by atoms with E-state index in [1.54, 1.807) is 0 Å². The Kier molecular flexibility index (Phi) is 3.33. The lowest BCUT2D eigenvalue weighted by Gasteiger charge is -2.08. The van der Waals surface area contributed by atoms with Crippen molar-refractivity contribution in [3.8, 4) is 5.88 Å². The van der Waals surface area contributed by atoms with Crippen molar-refractivity contribution in [1.82, 2.24) is 9.97 Å². The molecule has 0 spiro atoms. The summed E-state index contributed by atoms with van der Waals surface area (Å²) in [5.74, 6) is -0.604. The molecule has 0 saturated carbocycles. The Morgan fingerprint density at radius 3 is 2.60 bits per heavy atom. The highest BCUT2D eigenvalue weighted by atomic mass is 19.4. The van der Waals surface area contributed by atoms with Crippen LogP contribution in [-0.4, -0.2) is 16.6 Å². The van der Waals surface area contributed by atoms with Gasteiger partial charge < -0.3 is 10.5 Å². The number of ether oxygens (including phenoxy) is 1. The zero-order valence-corrected chi connectivity index (χ0v) is 8.01. The molecule has 0 unspecified atom stereocenters. The van der Waals surface area contributed by atoms with Gasteiger partial charge in [-0.3, -0.25) is 0 Å². The quantitative estimate of drug-likeness (QED) is 0.846. The minimum Gasteiger partial charge on any atom is -0.478 e. The van der Waals surface area contributed by atoms with E-state index in [0.29, 0.717) is 6.42 Å². The minimum absolute atomic E-state index is 0.156. The Labute approximate surface area is 84.3 Å². The van der Waals surface area contributed by atoms with Crippen LogP contribution in [0.4, 0.5) is 19.1 Å². The van der Waals surface area contributed by atoms with Crippen LogP contribution in [0.2, 0.25) is 0 Å². The fraction of sp³-hybridized carbons (Fsp3) is 0.500. The van der Waals surface area contributed by atoms with E-state index in [0.717, 1.165) is 6.07 Å². The Morgan fingerprint density at radius 1 is 1.40 bits per heavy atom. The van der Waals surface area contributed by atoms with E-state index in [2.05, 4.69) is 9.97 Å². The summed E-state index contributed by atoms with van der Waals surface area (Å²) < 4.78 is 41.7. The number of nitrogens with zero attached hydrogens (tertiary/aromatic N) is 2. The van der Waals surface area contributed by atoms with Crippen molar-refractivity contribution in [1.29, 1.82) is 0 Å². The molecule has 0 bridgehead atoms. The Bertz CT molecular complexity index is 340. The summed E-state index contributed by atoms with van der Waals surface area (Å²) in [4.78, 5) is 6.60. The van der Waals surface area contributed by atoms with Gasteiger partial charge >= 0.3 is 6.18 Å². The van der Waals surface area contributed by atoms with Crippen molar-refractivity contribution < 1.29 is 17.9 Å². The summed E-state index contributed by atoms with van der Waals surface area (Å²) in [5, 5.41) is 0. The second-order valence-corrected chi connectivity index (χ2v) is 2.80. The first-order valence-electron chi connectivity index (χ1n) is 4.28. The van der Waals surface area contributed by atoms with Gasteiger partial charge in [0.05, 0.1) is 6.61 Å². The number of nitrogen functional groups attached to an aromatic ring is 1. The van der Waals surface area contributed by atoms with Gasteiger partial charge in [-0.25, -0.2) is 4.98 Å². The Hall–Kier alpha value is -1.53. The molecule has 0 aliphatic carbocycles. The molecule has 1 rings (SSSR count). The zero-order chi connectivity index (χ0) is 11.5. The maximum absolute atomic E-state index is 12.3. The lowest BCUT2D eigenvalue weighted by Crippen LogP contribution is -2.12. The van der Waals surface area contributed by atoms with Crippen LogP contribution in [0.1, 0.15) is 19.0 Å². The van der Waals surface area contributed by atoms with Gasteiger partial charge in [0.1, 0.15) is 0 Å². The number of rotatable bonds is 3. The van der Waals surface area contributed by atoms with Crippen LogP contribution >= 0.6 is 0 Å². The van der Waals surface area contributed by atoms with E-state index in [4.69, 9.17) is 10.5 Å². The highest BCUT2D eigenvalue weighted by Crippen LogP contribution is 2.29. The molecule has 4 nitrogen and oxygen atoms in total.